The fraction of sp³-hybridized carbons (Fsp3) is 0.375. The van der Waals surface area contributed by atoms with Crippen molar-refractivity contribution in [3.05, 3.63) is 38.9 Å². The van der Waals surface area contributed by atoms with Gasteiger partial charge in [-0.1, -0.05) is 19.9 Å². The van der Waals surface area contributed by atoms with Crippen molar-refractivity contribution in [2.45, 2.75) is 27.2 Å². The van der Waals surface area contributed by atoms with Crippen molar-refractivity contribution in [3.8, 4) is 0 Å². The largest absolute Gasteiger partial charge is 0.462 e. The normalized spacial score (nSPS) is 10.7. The minimum absolute atomic E-state index is 0.196. The lowest BCUT2D eigenvalue weighted by atomic mass is 10.0. The standard InChI is InChI=1S/C16H19NO3S2/c1-4-20-16(19)13-11(8-10(2)3)9-22-15(13)17-14(18)12-6-5-7-21-12/h5-7,9-10H,4,8H2,1-3H3,(H,17,18). The average molecular weight is 337 g/mol. The van der Waals surface area contributed by atoms with Gasteiger partial charge in [-0.05, 0) is 41.7 Å². The summed E-state index contributed by atoms with van der Waals surface area (Å²) in [6.07, 6.45) is 0.777. The first-order valence-corrected chi connectivity index (χ1v) is 8.91. The maximum absolute atomic E-state index is 12.2. The van der Waals surface area contributed by atoms with Crippen LogP contribution < -0.4 is 5.32 Å². The van der Waals surface area contributed by atoms with Gasteiger partial charge in [0.25, 0.3) is 5.91 Å². The number of carbonyl (C=O) groups is 2. The van der Waals surface area contributed by atoms with Gasteiger partial charge in [0.15, 0.2) is 0 Å². The summed E-state index contributed by atoms with van der Waals surface area (Å²) in [6.45, 7) is 6.28. The van der Waals surface area contributed by atoms with E-state index in [1.165, 1.54) is 22.7 Å². The van der Waals surface area contributed by atoms with Crippen LogP contribution in [0, 0.1) is 5.92 Å². The molecule has 0 atom stereocenters. The summed E-state index contributed by atoms with van der Waals surface area (Å²) in [6, 6.07) is 3.58. The van der Waals surface area contributed by atoms with Crippen molar-refractivity contribution in [1.82, 2.24) is 0 Å². The molecule has 0 aromatic carbocycles. The molecular formula is C16H19NO3S2. The highest BCUT2D eigenvalue weighted by Crippen LogP contribution is 2.31. The lowest BCUT2D eigenvalue weighted by Gasteiger charge is -2.09. The Bertz CT molecular complexity index is 644. The Labute approximate surface area is 138 Å². The summed E-state index contributed by atoms with van der Waals surface area (Å²) in [5.41, 5.74) is 1.42. The van der Waals surface area contributed by atoms with Crippen LogP contribution in [0.5, 0.6) is 0 Å². The second-order valence-corrected chi connectivity index (χ2v) is 7.04. The molecule has 2 rings (SSSR count). The van der Waals surface area contributed by atoms with Crippen LogP contribution >= 0.6 is 22.7 Å². The van der Waals surface area contributed by atoms with Crippen LogP contribution in [0.25, 0.3) is 0 Å². The number of nitrogens with one attached hydrogen (secondary N) is 1. The fourth-order valence-corrected chi connectivity index (χ4v) is 3.65. The molecule has 0 radical (unpaired) electrons. The fourth-order valence-electron chi connectivity index (χ4n) is 2.08. The minimum atomic E-state index is -0.374. The van der Waals surface area contributed by atoms with E-state index in [-0.39, 0.29) is 11.9 Å². The van der Waals surface area contributed by atoms with E-state index in [1.807, 2.05) is 16.8 Å². The topological polar surface area (TPSA) is 55.4 Å². The number of hydrogen-bond donors (Lipinski definition) is 1. The Kier molecular flexibility index (Phi) is 5.74. The molecule has 0 saturated heterocycles. The predicted molar refractivity (Wildman–Crippen MR) is 91.1 cm³/mol. The first kappa shape index (κ1) is 16.7. The van der Waals surface area contributed by atoms with E-state index in [4.69, 9.17) is 4.74 Å². The van der Waals surface area contributed by atoms with E-state index in [9.17, 15) is 9.59 Å². The van der Waals surface area contributed by atoms with Crippen LogP contribution in [0.1, 0.15) is 46.4 Å². The van der Waals surface area contributed by atoms with Crippen LogP contribution in [-0.4, -0.2) is 18.5 Å². The van der Waals surface area contributed by atoms with E-state index >= 15 is 0 Å². The predicted octanol–water partition coefficient (Wildman–Crippen LogP) is 4.44. The maximum atomic E-state index is 12.2. The van der Waals surface area contributed by atoms with E-state index < -0.39 is 0 Å². The summed E-state index contributed by atoms with van der Waals surface area (Å²) in [7, 11) is 0. The third kappa shape index (κ3) is 3.96. The van der Waals surface area contributed by atoms with Crippen molar-refractivity contribution in [2.24, 2.45) is 5.92 Å². The second kappa shape index (κ2) is 7.56. The molecule has 0 aliphatic carbocycles. The SMILES string of the molecule is CCOC(=O)c1c(CC(C)C)csc1NC(=O)c1cccs1. The van der Waals surface area contributed by atoms with Gasteiger partial charge in [-0.25, -0.2) is 4.79 Å². The van der Waals surface area contributed by atoms with Gasteiger partial charge in [-0.15, -0.1) is 22.7 Å². The molecule has 0 saturated carbocycles. The van der Waals surface area contributed by atoms with Crippen LogP contribution in [0.2, 0.25) is 0 Å². The number of esters is 1. The van der Waals surface area contributed by atoms with Gasteiger partial charge in [-0.2, -0.15) is 0 Å². The van der Waals surface area contributed by atoms with Crippen molar-refractivity contribution in [1.29, 1.82) is 0 Å². The highest BCUT2D eigenvalue weighted by Gasteiger charge is 2.22. The first-order valence-electron chi connectivity index (χ1n) is 7.15. The van der Waals surface area contributed by atoms with Gasteiger partial charge in [0.2, 0.25) is 0 Å². The number of hydrogen-bond acceptors (Lipinski definition) is 5. The summed E-state index contributed by atoms with van der Waals surface area (Å²) in [5, 5.41) is 7.17. The second-order valence-electron chi connectivity index (χ2n) is 5.21. The van der Waals surface area contributed by atoms with Crippen molar-refractivity contribution >= 4 is 39.6 Å². The molecule has 118 valence electrons. The van der Waals surface area contributed by atoms with Gasteiger partial charge < -0.3 is 10.1 Å². The molecule has 6 heteroatoms. The Morgan fingerprint density at radius 3 is 2.68 bits per heavy atom. The van der Waals surface area contributed by atoms with Crippen LogP contribution in [-0.2, 0) is 11.2 Å². The maximum Gasteiger partial charge on any atom is 0.341 e. The van der Waals surface area contributed by atoms with Crippen LogP contribution in [0.15, 0.2) is 22.9 Å². The zero-order chi connectivity index (χ0) is 16.1. The number of anilines is 1. The molecule has 2 aromatic heterocycles. The zero-order valence-electron chi connectivity index (χ0n) is 12.8. The molecule has 1 N–H and O–H groups in total. The molecule has 0 fully saturated rings. The Hall–Kier alpha value is -1.66. The Balaban J connectivity index is 2.28. The van der Waals surface area contributed by atoms with Gasteiger partial charge in [0.1, 0.15) is 5.00 Å². The third-order valence-electron chi connectivity index (χ3n) is 2.95. The smallest absolute Gasteiger partial charge is 0.341 e. The molecule has 0 unspecified atom stereocenters. The monoisotopic (exact) mass is 337 g/mol. The lowest BCUT2D eigenvalue weighted by Crippen LogP contribution is -2.14. The molecule has 22 heavy (non-hydrogen) atoms. The van der Waals surface area contributed by atoms with Gasteiger partial charge in [-0.3, -0.25) is 4.79 Å². The van der Waals surface area contributed by atoms with E-state index in [2.05, 4.69) is 19.2 Å². The van der Waals surface area contributed by atoms with Crippen molar-refractivity contribution < 1.29 is 14.3 Å². The lowest BCUT2D eigenvalue weighted by molar-refractivity contribution is 0.0527. The third-order valence-corrected chi connectivity index (χ3v) is 4.76. The average Bonchev–Trinajstić information content (AvgIpc) is 3.08. The quantitative estimate of drug-likeness (QED) is 0.793. The highest BCUT2D eigenvalue weighted by molar-refractivity contribution is 7.15. The van der Waals surface area contributed by atoms with Crippen molar-refractivity contribution in [3.63, 3.8) is 0 Å². The summed E-state index contributed by atoms with van der Waals surface area (Å²) in [4.78, 5) is 25.0. The number of ether oxygens (including phenoxy) is 1. The molecule has 2 aromatic rings. The van der Waals surface area contributed by atoms with Gasteiger partial charge >= 0.3 is 5.97 Å². The Morgan fingerprint density at radius 2 is 2.09 bits per heavy atom. The first-order chi connectivity index (χ1) is 10.5. The molecule has 0 aliphatic heterocycles. The van der Waals surface area contributed by atoms with E-state index in [1.54, 1.807) is 13.0 Å². The van der Waals surface area contributed by atoms with Crippen LogP contribution in [0.4, 0.5) is 5.00 Å². The van der Waals surface area contributed by atoms with Crippen LogP contribution in [0.3, 0.4) is 0 Å². The molecule has 0 aliphatic rings. The van der Waals surface area contributed by atoms with Gasteiger partial charge in [0, 0.05) is 0 Å². The number of rotatable bonds is 6. The highest BCUT2D eigenvalue weighted by atomic mass is 32.1. The van der Waals surface area contributed by atoms with E-state index in [0.717, 1.165) is 12.0 Å². The molecule has 0 spiro atoms. The summed E-state index contributed by atoms with van der Waals surface area (Å²) >= 11 is 2.74. The number of carbonyl (C=O) groups excluding carboxylic acids is 2. The number of amides is 1. The molecule has 2 heterocycles. The minimum Gasteiger partial charge on any atom is -0.462 e. The van der Waals surface area contributed by atoms with Gasteiger partial charge in [0.05, 0.1) is 17.0 Å². The van der Waals surface area contributed by atoms with Crippen molar-refractivity contribution in [2.75, 3.05) is 11.9 Å². The summed E-state index contributed by atoms with van der Waals surface area (Å²) < 4.78 is 5.14. The Morgan fingerprint density at radius 1 is 1.32 bits per heavy atom. The molecular weight excluding hydrogens is 318 g/mol. The van der Waals surface area contributed by atoms with E-state index in [0.29, 0.717) is 28.0 Å². The number of thiophene rings is 2. The molecule has 1 amide bonds. The molecule has 4 nitrogen and oxygen atoms in total. The summed E-state index contributed by atoms with van der Waals surface area (Å²) in [5.74, 6) is -0.150. The molecule has 0 bridgehead atoms. The zero-order valence-corrected chi connectivity index (χ0v) is 14.5.